The van der Waals surface area contributed by atoms with Crippen molar-refractivity contribution in [3.63, 3.8) is 0 Å². The number of hydrogen-bond acceptors (Lipinski definition) is 7. The second-order valence-corrected chi connectivity index (χ2v) is 7.82. The number of nitrogens with one attached hydrogen (secondary N) is 3. The Bertz CT molecular complexity index is 845. The fraction of sp³-hybridized carbons (Fsp3) is 0.455. The van der Waals surface area contributed by atoms with Crippen LogP contribution in [-0.4, -0.2) is 56.3 Å². The molecule has 5 N–H and O–H groups in total. The summed E-state index contributed by atoms with van der Waals surface area (Å²) in [5, 5.41) is 10.3. The SMILES string of the molecule is NC(=O)Cc1cnc(Nc2ccc(N3CCOCC3)cc2)cc1NCC1CCCN1. The number of carbonyl (C=O) groups excluding carboxylic acids is 1. The summed E-state index contributed by atoms with van der Waals surface area (Å²) in [6.07, 6.45) is 4.25. The standard InChI is InChI=1S/C22H30N6O2/c23-21(29)12-16-14-26-22(13-20(16)25-15-18-2-1-7-24-18)27-17-3-5-19(6-4-17)28-8-10-30-11-9-28/h3-6,13-14,18,24H,1-2,7-12,15H2,(H2,23,29)(H2,25,26,27). The van der Waals surface area contributed by atoms with Crippen molar-refractivity contribution < 1.29 is 9.53 Å². The van der Waals surface area contributed by atoms with Gasteiger partial charge in [-0.3, -0.25) is 4.79 Å². The smallest absolute Gasteiger partial charge is 0.221 e. The average molecular weight is 411 g/mol. The van der Waals surface area contributed by atoms with Crippen LogP contribution in [0, 0.1) is 0 Å². The number of carbonyl (C=O) groups is 1. The minimum Gasteiger partial charge on any atom is -0.383 e. The molecule has 2 saturated heterocycles. The molecule has 0 spiro atoms. The zero-order chi connectivity index (χ0) is 20.8. The number of morpholine rings is 1. The van der Waals surface area contributed by atoms with E-state index in [0.29, 0.717) is 6.04 Å². The van der Waals surface area contributed by atoms with E-state index in [1.165, 1.54) is 12.1 Å². The second-order valence-electron chi connectivity index (χ2n) is 7.82. The molecule has 2 aromatic rings. The number of nitrogens with two attached hydrogens (primary N) is 1. The van der Waals surface area contributed by atoms with Gasteiger partial charge in [0.05, 0.1) is 19.6 Å². The fourth-order valence-electron chi connectivity index (χ4n) is 3.93. The lowest BCUT2D eigenvalue weighted by atomic mass is 10.1. The van der Waals surface area contributed by atoms with Gasteiger partial charge in [-0.2, -0.15) is 0 Å². The highest BCUT2D eigenvalue weighted by atomic mass is 16.5. The maximum absolute atomic E-state index is 11.4. The zero-order valence-electron chi connectivity index (χ0n) is 17.2. The predicted molar refractivity (Wildman–Crippen MR) is 119 cm³/mol. The Hall–Kier alpha value is -2.84. The normalized spacial score (nSPS) is 18.9. The van der Waals surface area contributed by atoms with Gasteiger partial charge in [0, 0.05) is 60.6 Å². The Labute approximate surface area is 177 Å². The van der Waals surface area contributed by atoms with Crippen molar-refractivity contribution in [1.29, 1.82) is 0 Å². The third-order valence-corrected chi connectivity index (χ3v) is 5.57. The number of pyridine rings is 1. The lowest BCUT2D eigenvalue weighted by Gasteiger charge is -2.28. The van der Waals surface area contributed by atoms with Crippen LogP contribution in [0.4, 0.5) is 22.9 Å². The van der Waals surface area contributed by atoms with Gasteiger partial charge < -0.3 is 31.3 Å². The summed E-state index contributed by atoms with van der Waals surface area (Å²) < 4.78 is 5.42. The van der Waals surface area contributed by atoms with Crippen LogP contribution in [0.1, 0.15) is 18.4 Å². The number of rotatable bonds is 8. The maximum atomic E-state index is 11.4. The Morgan fingerprint density at radius 3 is 2.77 bits per heavy atom. The van der Waals surface area contributed by atoms with Crippen LogP contribution in [-0.2, 0) is 16.0 Å². The predicted octanol–water partition coefficient (Wildman–Crippen LogP) is 1.85. The summed E-state index contributed by atoms with van der Waals surface area (Å²) in [6, 6.07) is 10.7. The molecule has 4 rings (SSSR count). The first-order chi connectivity index (χ1) is 14.7. The number of benzene rings is 1. The third-order valence-electron chi connectivity index (χ3n) is 5.57. The van der Waals surface area contributed by atoms with E-state index in [1.54, 1.807) is 6.20 Å². The summed E-state index contributed by atoms with van der Waals surface area (Å²) in [6.45, 7) is 5.25. The van der Waals surface area contributed by atoms with E-state index in [1.807, 2.05) is 6.07 Å². The molecular formula is C22H30N6O2. The molecule has 8 heteroatoms. The molecule has 1 unspecified atom stereocenters. The quantitative estimate of drug-likeness (QED) is 0.526. The van der Waals surface area contributed by atoms with Crippen molar-refractivity contribution in [3.8, 4) is 0 Å². The van der Waals surface area contributed by atoms with Gasteiger partial charge in [-0.1, -0.05) is 0 Å². The van der Waals surface area contributed by atoms with Gasteiger partial charge >= 0.3 is 0 Å². The molecule has 2 aliphatic rings. The molecule has 1 aromatic heterocycles. The largest absolute Gasteiger partial charge is 0.383 e. The first kappa shape index (κ1) is 20.4. The zero-order valence-corrected chi connectivity index (χ0v) is 17.2. The Morgan fingerprint density at radius 2 is 2.07 bits per heavy atom. The van der Waals surface area contributed by atoms with Gasteiger partial charge in [-0.15, -0.1) is 0 Å². The Morgan fingerprint density at radius 1 is 1.27 bits per heavy atom. The Kier molecular flexibility index (Phi) is 6.66. The molecule has 2 fully saturated rings. The molecule has 0 bridgehead atoms. The first-order valence-corrected chi connectivity index (χ1v) is 10.6. The third kappa shape index (κ3) is 5.40. The minimum absolute atomic E-state index is 0.169. The van der Waals surface area contributed by atoms with Gasteiger partial charge in [0.2, 0.25) is 5.91 Å². The highest BCUT2D eigenvalue weighted by Gasteiger charge is 2.15. The molecule has 1 atom stereocenters. The Balaban J connectivity index is 1.44. The fourth-order valence-corrected chi connectivity index (χ4v) is 3.93. The summed E-state index contributed by atoms with van der Waals surface area (Å²) in [5.41, 5.74) is 9.28. The lowest BCUT2D eigenvalue weighted by molar-refractivity contribution is -0.117. The molecule has 3 heterocycles. The van der Waals surface area contributed by atoms with Crippen molar-refractivity contribution in [3.05, 3.63) is 42.1 Å². The van der Waals surface area contributed by atoms with Crippen molar-refractivity contribution in [2.45, 2.75) is 25.3 Å². The topological polar surface area (TPSA) is 105 Å². The van der Waals surface area contributed by atoms with Crippen LogP contribution in [0.25, 0.3) is 0 Å². The van der Waals surface area contributed by atoms with Crippen molar-refractivity contribution in [2.24, 2.45) is 5.73 Å². The molecule has 1 amide bonds. The van der Waals surface area contributed by atoms with E-state index in [0.717, 1.165) is 68.6 Å². The molecule has 160 valence electrons. The first-order valence-electron chi connectivity index (χ1n) is 10.6. The molecule has 30 heavy (non-hydrogen) atoms. The van der Waals surface area contributed by atoms with Crippen LogP contribution in [0.2, 0.25) is 0 Å². The van der Waals surface area contributed by atoms with Crippen LogP contribution in [0.15, 0.2) is 36.5 Å². The van der Waals surface area contributed by atoms with E-state index < -0.39 is 0 Å². The van der Waals surface area contributed by atoms with Crippen molar-refractivity contribution in [2.75, 3.05) is 54.9 Å². The molecule has 0 saturated carbocycles. The lowest BCUT2D eigenvalue weighted by Crippen LogP contribution is -2.36. The van der Waals surface area contributed by atoms with E-state index in [-0.39, 0.29) is 12.3 Å². The summed E-state index contributed by atoms with van der Waals surface area (Å²) in [5.74, 6) is 0.363. The molecule has 2 aliphatic heterocycles. The molecule has 0 radical (unpaired) electrons. The highest BCUT2D eigenvalue weighted by molar-refractivity contribution is 5.79. The highest BCUT2D eigenvalue weighted by Crippen LogP contribution is 2.24. The van der Waals surface area contributed by atoms with Crippen LogP contribution < -0.4 is 26.6 Å². The summed E-state index contributed by atoms with van der Waals surface area (Å²) in [7, 11) is 0. The van der Waals surface area contributed by atoms with E-state index >= 15 is 0 Å². The van der Waals surface area contributed by atoms with E-state index in [4.69, 9.17) is 10.5 Å². The number of primary amides is 1. The van der Waals surface area contributed by atoms with Crippen LogP contribution in [0.3, 0.4) is 0 Å². The average Bonchev–Trinajstić information content (AvgIpc) is 3.28. The molecule has 1 aromatic carbocycles. The molecule has 0 aliphatic carbocycles. The van der Waals surface area contributed by atoms with Crippen LogP contribution in [0.5, 0.6) is 0 Å². The summed E-state index contributed by atoms with van der Waals surface area (Å²) in [4.78, 5) is 18.2. The van der Waals surface area contributed by atoms with Gasteiger partial charge in [0.25, 0.3) is 0 Å². The number of ether oxygens (including phenoxy) is 1. The molecule has 8 nitrogen and oxygen atoms in total. The van der Waals surface area contributed by atoms with E-state index in [9.17, 15) is 4.79 Å². The maximum Gasteiger partial charge on any atom is 0.221 e. The van der Waals surface area contributed by atoms with Gasteiger partial charge in [0.1, 0.15) is 5.82 Å². The second kappa shape index (κ2) is 9.77. The number of amides is 1. The van der Waals surface area contributed by atoms with Gasteiger partial charge in [-0.05, 0) is 43.7 Å². The van der Waals surface area contributed by atoms with Crippen LogP contribution >= 0.6 is 0 Å². The number of anilines is 4. The number of nitrogens with zero attached hydrogens (tertiary/aromatic N) is 2. The summed E-state index contributed by atoms with van der Waals surface area (Å²) >= 11 is 0. The van der Waals surface area contributed by atoms with Crippen molar-refractivity contribution in [1.82, 2.24) is 10.3 Å². The number of aromatic nitrogens is 1. The molecular weight excluding hydrogens is 380 g/mol. The monoisotopic (exact) mass is 410 g/mol. The van der Waals surface area contributed by atoms with Gasteiger partial charge in [-0.25, -0.2) is 4.98 Å². The number of hydrogen-bond donors (Lipinski definition) is 4. The van der Waals surface area contributed by atoms with Gasteiger partial charge in [0.15, 0.2) is 0 Å². The van der Waals surface area contributed by atoms with Crippen molar-refractivity contribution >= 4 is 28.8 Å². The minimum atomic E-state index is -0.363. The van der Waals surface area contributed by atoms with E-state index in [2.05, 4.69) is 50.1 Å².